The molecule has 0 aromatic heterocycles. The highest BCUT2D eigenvalue weighted by atomic mass is 31.2. The Balaban J connectivity index is 1.74. The Labute approximate surface area is 189 Å². The Bertz CT molecular complexity index is 1120. The third-order valence-electron chi connectivity index (χ3n) is 4.98. The third kappa shape index (κ3) is 5.67. The molecule has 0 fully saturated rings. The SMILES string of the molecule is Cc1cccc(OP(=O)(NC(c2ccccc2)c2ccccc2)Oc2cccc(C)c2)c1. The van der Waals surface area contributed by atoms with Crippen molar-refractivity contribution in [3.8, 4) is 11.5 Å². The molecule has 0 saturated carbocycles. The molecule has 0 unspecified atom stereocenters. The maximum absolute atomic E-state index is 14.2. The fourth-order valence-corrected chi connectivity index (χ4v) is 5.02. The number of hydrogen-bond acceptors (Lipinski definition) is 3. The minimum absolute atomic E-state index is 0.391. The van der Waals surface area contributed by atoms with Crippen LogP contribution in [0.5, 0.6) is 11.5 Å². The molecule has 4 aromatic rings. The summed E-state index contributed by atoms with van der Waals surface area (Å²) in [6.07, 6.45) is 0. The van der Waals surface area contributed by atoms with Crippen molar-refractivity contribution in [2.24, 2.45) is 0 Å². The Hall–Kier alpha value is -3.33. The summed E-state index contributed by atoms with van der Waals surface area (Å²) >= 11 is 0. The fourth-order valence-electron chi connectivity index (χ4n) is 3.48. The van der Waals surface area contributed by atoms with Gasteiger partial charge in [-0.3, -0.25) is 0 Å². The van der Waals surface area contributed by atoms with Crippen LogP contribution in [0, 0.1) is 13.8 Å². The molecule has 4 aromatic carbocycles. The van der Waals surface area contributed by atoms with Gasteiger partial charge >= 0.3 is 7.75 Å². The van der Waals surface area contributed by atoms with E-state index in [0.29, 0.717) is 11.5 Å². The van der Waals surface area contributed by atoms with Gasteiger partial charge in [-0.25, -0.2) is 4.57 Å². The molecule has 0 spiro atoms. The number of hydrogen-bond donors (Lipinski definition) is 1. The highest BCUT2D eigenvalue weighted by molar-refractivity contribution is 7.52. The summed E-state index contributed by atoms with van der Waals surface area (Å²) in [6, 6.07) is 34.2. The Morgan fingerprint density at radius 2 is 1.06 bits per heavy atom. The van der Waals surface area contributed by atoms with Crippen molar-refractivity contribution in [2.75, 3.05) is 0 Å². The van der Waals surface area contributed by atoms with E-state index >= 15 is 0 Å². The van der Waals surface area contributed by atoms with Gasteiger partial charge in [-0.05, 0) is 60.4 Å². The summed E-state index contributed by atoms with van der Waals surface area (Å²) in [6.45, 7) is 3.92. The summed E-state index contributed by atoms with van der Waals surface area (Å²) in [4.78, 5) is 0. The molecule has 0 atom stereocenters. The summed E-state index contributed by atoms with van der Waals surface area (Å²) in [5, 5.41) is 3.21. The largest absolute Gasteiger partial charge is 0.513 e. The van der Waals surface area contributed by atoms with Crippen molar-refractivity contribution < 1.29 is 13.6 Å². The van der Waals surface area contributed by atoms with Gasteiger partial charge in [-0.1, -0.05) is 84.9 Å². The van der Waals surface area contributed by atoms with Crippen LogP contribution in [-0.4, -0.2) is 0 Å². The number of aryl methyl sites for hydroxylation is 2. The van der Waals surface area contributed by atoms with Crippen molar-refractivity contribution in [3.05, 3.63) is 131 Å². The molecule has 0 aliphatic heterocycles. The van der Waals surface area contributed by atoms with Crippen LogP contribution in [0.3, 0.4) is 0 Å². The lowest BCUT2D eigenvalue weighted by atomic mass is 10.00. The zero-order valence-electron chi connectivity index (χ0n) is 18.1. The Morgan fingerprint density at radius 3 is 1.47 bits per heavy atom. The molecule has 4 nitrogen and oxygen atoms in total. The van der Waals surface area contributed by atoms with Gasteiger partial charge < -0.3 is 9.05 Å². The molecule has 32 heavy (non-hydrogen) atoms. The monoisotopic (exact) mass is 443 g/mol. The predicted octanol–water partition coefficient (Wildman–Crippen LogP) is 7.25. The molecule has 0 saturated heterocycles. The van der Waals surface area contributed by atoms with Gasteiger partial charge in [0, 0.05) is 0 Å². The van der Waals surface area contributed by atoms with E-state index in [1.54, 1.807) is 12.1 Å². The summed E-state index contributed by atoms with van der Waals surface area (Å²) in [7, 11) is -3.84. The van der Waals surface area contributed by atoms with Gasteiger partial charge in [0.2, 0.25) is 0 Å². The smallest absolute Gasteiger partial charge is 0.405 e. The quantitative estimate of drug-likeness (QED) is 0.291. The van der Waals surface area contributed by atoms with E-state index in [-0.39, 0.29) is 0 Å². The second kappa shape index (κ2) is 9.86. The van der Waals surface area contributed by atoms with Crippen LogP contribution in [0.4, 0.5) is 0 Å². The zero-order valence-corrected chi connectivity index (χ0v) is 19.0. The van der Waals surface area contributed by atoms with Gasteiger partial charge in [0.25, 0.3) is 0 Å². The summed E-state index contributed by atoms with van der Waals surface area (Å²) in [5.74, 6) is 0.960. The first-order chi connectivity index (χ1) is 15.5. The van der Waals surface area contributed by atoms with E-state index in [0.717, 1.165) is 22.3 Å². The van der Waals surface area contributed by atoms with E-state index < -0.39 is 13.8 Å². The Morgan fingerprint density at radius 1 is 0.625 bits per heavy atom. The molecule has 1 N–H and O–H groups in total. The van der Waals surface area contributed by atoms with Crippen LogP contribution in [0.1, 0.15) is 28.3 Å². The number of benzene rings is 4. The maximum atomic E-state index is 14.2. The van der Waals surface area contributed by atoms with Crippen LogP contribution >= 0.6 is 7.75 Å². The molecule has 0 aliphatic rings. The first kappa shape index (κ1) is 21.9. The average molecular weight is 443 g/mol. The predicted molar refractivity (Wildman–Crippen MR) is 129 cm³/mol. The molecule has 0 amide bonds. The van der Waals surface area contributed by atoms with Crippen LogP contribution in [-0.2, 0) is 4.57 Å². The molecule has 162 valence electrons. The van der Waals surface area contributed by atoms with Gasteiger partial charge in [0.1, 0.15) is 11.5 Å². The van der Waals surface area contributed by atoms with Gasteiger partial charge in [-0.2, -0.15) is 5.09 Å². The molecule has 0 bridgehead atoms. The lowest BCUT2D eigenvalue weighted by Gasteiger charge is -2.26. The van der Waals surface area contributed by atoms with E-state index in [1.165, 1.54) is 0 Å². The van der Waals surface area contributed by atoms with Gasteiger partial charge in [-0.15, -0.1) is 0 Å². The normalized spacial score (nSPS) is 11.3. The molecule has 0 heterocycles. The van der Waals surface area contributed by atoms with Crippen molar-refractivity contribution in [1.82, 2.24) is 5.09 Å². The minimum Gasteiger partial charge on any atom is -0.405 e. The third-order valence-corrected chi connectivity index (χ3v) is 6.46. The van der Waals surface area contributed by atoms with E-state index in [2.05, 4.69) is 5.09 Å². The van der Waals surface area contributed by atoms with Crippen molar-refractivity contribution >= 4 is 7.75 Å². The molecule has 0 radical (unpaired) electrons. The molecular weight excluding hydrogens is 417 g/mol. The molecule has 4 rings (SSSR count). The first-order valence-corrected chi connectivity index (χ1v) is 12.1. The minimum atomic E-state index is -3.84. The van der Waals surface area contributed by atoms with Crippen molar-refractivity contribution in [1.29, 1.82) is 0 Å². The van der Waals surface area contributed by atoms with Crippen LogP contribution < -0.4 is 14.1 Å². The van der Waals surface area contributed by atoms with E-state index in [9.17, 15) is 4.57 Å². The van der Waals surface area contributed by atoms with Crippen molar-refractivity contribution in [3.63, 3.8) is 0 Å². The highest BCUT2D eigenvalue weighted by Gasteiger charge is 2.33. The van der Waals surface area contributed by atoms with Gasteiger partial charge in [0.05, 0.1) is 6.04 Å². The van der Waals surface area contributed by atoms with Crippen LogP contribution in [0.15, 0.2) is 109 Å². The Kier molecular flexibility index (Phi) is 6.75. The molecule has 5 heteroatoms. The second-order valence-electron chi connectivity index (χ2n) is 7.70. The molecule has 0 aliphatic carbocycles. The lowest BCUT2D eigenvalue weighted by molar-refractivity contribution is 0.365. The van der Waals surface area contributed by atoms with Crippen LogP contribution in [0.25, 0.3) is 0 Å². The number of rotatable bonds is 8. The van der Waals surface area contributed by atoms with E-state index in [1.807, 2.05) is 111 Å². The highest BCUT2D eigenvalue weighted by Crippen LogP contribution is 2.48. The second-order valence-corrected chi connectivity index (χ2v) is 9.31. The van der Waals surface area contributed by atoms with E-state index in [4.69, 9.17) is 9.05 Å². The summed E-state index contributed by atoms with van der Waals surface area (Å²) in [5.41, 5.74) is 3.93. The van der Waals surface area contributed by atoms with Crippen LogP contribution in [0.2, 0.25) is 0 Å². The lowest BCUT2D eigenvalue weighted by Crippen LogP contribution is -2.25. The van der Waals surface area contributed by atoms with Gasteiger partial charge in [0.15, 0.2) is 0 Å². The molecular formula is C27H26NO3P. The fraction of sp³-hybridized carbons (Fsp3) is 0.111. The summed E-state index contributed by atoms with van der Waals surface area (Å²) < 4.78 is 26.2. The standard InChI is InChI=1S/C27H26NO3P/c1-21-11-9-17-25(19-21)30-32(29,31-26-18-10-12-22(2)20-26)28-27(23-13-5-3-6-14-23)24-15-7-4-8-16-24/h3-20,27H,1-2H3,(H,28,29). The van der Waals surface area contributed by atoms with Crippen molar-refractivity contribution in [2.45, 2.75) is 19.9 Å². The number of nitrogens with one attached hydrogen (secondary N) is 1. The maximum Gasteiger partial charge on any atom is 0.513 e. The first-order valence-electron chi connectivity index (χ1n) is 10.5. The topological polar surface area (TPSA) is 47.6 Å². The average Bonchev–Trinajstić information content (AvgIpc) is 2.79. The zero-order chi connectivity index (χ0) is 22.4.